The molecule has 3 nitrogen and oxygen atoms in total. The molecule has 1 aromatic heterocycles. The molecule has 0 aliphatic heterocycles. The van der Waals surface area contributed by atoms with Crippen LogP contribution in [0, 0.1) is 5.92 Å². The first-order chi connectivity index (χ1) is 16.1. The van der Waals surface area contributed by atoms with Gasteiger partial charge in [0.05, 0.1) is 17.8 Å². The Kier molecular flexibility index (Phi) is 10.6. The van der Waals surface area contributed by atoms with Crippen LogP contribution in [0.4, 0.5) is 0 Å². The number of thioether (sulfide) groups is 1. The summed E-state index contributed by atoms with van der Waals surface area (Å²) in [5.41, 5.74) is 4.41. The standard InChI is InChI=1S/C28H39ClN2OS/c1-5-22-13-15-26(30-28(22)32-4)24(19-21-11-8-9-12-21)23-14-16-27(25(29)20-23)33-18-10-17-31(6-2)7-3/h13-16,19-21H,5-12,17-18H2,1-4H3. The molecule has 2 aromatic rings. The molecule has 0 N–H and O–H groups in total. The fourth-order valence-electron chi connectivity index (χ4n) is 4.55. The second-order valence-corrected chi connectivity index (χ2v) is 10.3. The van der Waals surface area contributed by atoms with Gasteiger partial charge in [-0.2, -0.15) is 0 Å². The molecule has 0 bridgehead atoms. The van der Waals surface area contributed by atoms with Gasteiger partial charge in [-0.15, -0.1) is 11.8 Å². The number of hydrogen-bond donors (Lipinski definition) is 0. The Bertz CT molecular complexity index is 920. The average Bonchev–Trinajstić information content (AvgIpc) is 3.36. The maximum atomic E-state index is 6.78. The molecule has 0 radical (unpaired) electrons. The van der Waals surface area contributed by atoms with E-state index in [1.807, 2.05) is 11.8 Å². The van der Waals surface area contributed by atoms with Crippen LogP contribution in [0.25, 0.3) is 5.57 Å². The number of pyridine rings is 1. The Labute approximate surface area is 210 Å². The smallest absolute Gasteiger partial charge is 0.216 e. The number of allylic oxidation sites excluding steroid dienone is 1. The van der Waals surface area contributed by atoms with Gasteiger partial charge >= 0.3 is 0 Å². The molecule has 0 spiro atoms. The summed E-state index contributed by atoms with van der Waals surface area (Å²) in [6.45, 7) is 9.96. The molecular weight excluding hydrogens is 448 g/mol. The van der Waals surface area contributed by atoms with Crippen LogP contribution in [0.5, 0.6) is 5.88 Å². The highest BCUT2D eigenvalue weighted by atomic mass is 35.5. The van der Waals surface area contributed by atoms with Gasteiger partial charge in [-0.1, -0.05) is 63.4 Å². The minimum atomic E-state index is 0.603. The van der Waals surface area contributed by atoms with Crippen molar-refractivity contribution in [2.75, 3.05) is 32.5 Å². The van der Waals surface area contributed by atoms with E-state index in [0.717, 1.165) is 64.4 Å². The summed E-state index contributed by atoms with van der Waals surface area (Å²) in [6, 6.07) is 10.8. The van der Waals surface area contributed by atoms with E-state index in [4.69, 9.17) is 21.3 Å². The second kappa shape index (κ2) is 13.4. The summed E-state index contributed by atoms with van der Waals surface area (Å²) in [4.78, 5) is 8.51. The lowest BCUT2D eigenvalue weighted by atomic mass is 9.95. The highest BCUT2D eigenvalue weighted by Gasteiger charge is 2.18. The van der Waals surface area contributed by atoms with Crippen LogP contribution in [0.2, 0.25) is 5.02 Å². The number of methoxy groups -OCH3 is 1. The van der Waals surface area contributed by atoms with Crippen molar-refractivity contribution in [3.63, 3.8) is 0 Å². The lowest BCUT2D eigenvalue weighted by molar-refractivity contribution is 0.305. The third-order valence-electron chi connectivity index (χ3n) is 6.61. The molecule has 0 atom stereocenters. The third kappa shape index (κ3) is 7.24. The zero-order chi connectivity index (χ0) is 23.6. The lowest BCUT2D eigenvalue weighted by Gasteiger charge is -2.17. The molecule has 0 unspecified atom stereocenters. The van der Waals surface area contributed by atoms with E-state index >= 15 is 0 Å². The molecule has 5 heteroatoms. The molecule has 33 heavy (non-hydrogen) atoms. The molecule has 3 rings (SSSR count). The minimum absolute atomic E-state index is 0.603. The van der Waals surface area contributed by atoms with Gasteiger partial charge in [-0.25, -0.2) is 4.98 Å². The van der Waals surface area contributed by atoms with Crippen LogP contribution in [0.15, 0.2) is 41.3 Å². The van der Waals surface area contributed by atoms with E-state index in [1.165, 1.54) is 37.7 Å². The first kappa shape index (κ1) is 26.1. The minimum Gasteiger partial charge on any atom is -0.481 e. The molecule has 1 fully saturated rings. The first-order valence-electron chi connectivity index (χ1n) is 12.5. The quantitative estimate of drug-likeness (QED) is 0.226. The van der Waals surface area contributed by atoms with E-state index in [2.05, 4.69) is 62.1 Å². The summed E-state index contributed by atoms with van der Waals surface area (Å²) < 4.78 is 5.59. The summed E-state index contributed by atoms with van der Waals surface area (Å²) in [5, 5.41) is 0.829. The predicted octanol–water partition coefficient (Wildman–Crippen LogP) is 7.75. The second-order valence-electron chi connectivity index (χ2n) is 8.72. The van der Waals surface area contributed by atoms with E-state index in [1.54, 1.807) is 7.11 Å². The molecule has 180 valence electrons. The molecule has 1 aliphatic carbocycles. The van der Waals surface area contributed by atoms with Gasteiger partial charge in [0.1, 0.15) is 0 Å². The lowest BCUT2D eigenvalue weighted by Crippen LogP contribution is -2.24. The Morgan fingerprint density at radius 3 is 2.55 bits per heavy atom. The number of hydrogen-bond acceptors (Lipinski definition) is 4. The zero-order valence-electron chi connectivity index (χ0n) is 20.7. The largest absolute Gasteiger partial charge is 0.481 e. The summed E-state index contributed by atoms with van der Waals surface area (Å²) in [6.07, 6.45) is 9.62. The number of nitrogens with zero attached hydrogens (tertiary/aromatic N) is 2. The van der Waals surface area contributed by atoms with Gasteiger partial charge in [-0.05, 0) is 80.8 Å². The van der Waals surface area contributed by atoms with Gasteiger partial charge in [-0.3, -0.25) is 0 Å². The van der Waals surface area contributed by atoms with Gasteiger partial charge in [0.15, 0.2) is 0 Å². The van der Waals surface area contributed by atoms with Crippen LogP contribution >= 0.6 is 23.4 Å². The number of rotatable bonds is 12. The fraction of sp³-hybridized carbons (Fsp3) is 0.536. The zero-order valence-corrected chi connectivity index (χ0v) is 22.3. The van der Waals surface area contributed by atoms with Crippen LogP contribution in [0.1, 0.15) is 69.7 Å². The molecule has 1 aliphatic rings. The molecule has 1 heterocycles. The van der Waals surface area contributed by atoms with Crippen LogP contribution in [-0.4, -0.2) is 42.4 Å². The van der Waals surface area contributed by atoms with Crippen molar-refractivity contribution >= 4 is 28.9 Å². The van der Waals surface area contributed by atoms with Crippen LogP contribution in [-0.2, 0) is 6.42 Å². The number of ether oxygens (including phenoxy) is 1. The molecular formula is C28H39ClN2OS. The Morgan fingerprint density at radius 1 is 1.15 bits per heavy atom. The SMILES string of the molecule is CCc1ccc(C(=CC2CCCC2)c2ccc(SCCCN(CC)CC)c(Cl)c2)nc1OC. The van der Waals surface area contributed by atoms with E-state index in [0.29, 0.717) is 5.92 Å². The van der Waals surface area contributed by atoms with Crippen molar-refractivity contribution in [3.8, 4) is 5.88 Å². The third-order valence-corrected chi connectivity index (χ3v) is 8.19. The van der Waals surface area contributed by atoms with Gasteiger partial charge < -0.3 is 9.64 Å². The average molecular weight is 487 g/mol. The maximum absolute atomic E-state index is 6.78. The summed E-state index contributed by atoms with van der Waals surface area (Å²) in [5.74, 6) is 2.41. The number of aryl methyl sites for hydroxylation is 1. The van der Waals surface area contributed by atoms with Crippen molar-refractivity contribution in [2.24, 2.45) is 5.92 Å². The molecule has 0 saturated heterocycles. The fourth-order valence-corrected chi connectivity index (χ4v) is 5.75. The molecule has 0 amide bonds. The van der Waals surface area contributed by atoms with E-state index in [-0.39, 0.29) is 0 Å². The van der Waals surface area contributed by atoms with Gasteiger partial charge in [0.2, 0.25) is 5.88 Å². The first-order valence-corrected chi connectivity index (χ1v) is 13.9. The monoisotopic (exact) mass is 486 g/mol. The topological polar surface area (TPSA) is 25.4 Å². The Hall–Kier alpha value is -1.49. The van der Waals surface area contributed by atoms with Crippen molar-refractivity contribution in [2.45, 2.75) is 64.2 Å². The van der Waals surface area contributed by atoms with Crippen molar-refractivity contribution < 1.29 is 4.74 Å². The predicted molar refractivity (Wildman–Crippen MR) is 144 cm³/mol. The summed E-state index contributed by atoms with van der Waals surface area (Å²) >= 11 is 8.63. The molecule has 1 aromatic carbocycles. The van der Waals surface area contributed by atoms with E-state index < -0.39 is 0 Å². The van der Waals surface area contributed by atoms with Crippen LogP contribution < -0.4 is 4.74 Å². The highest BCUT2D eigenvalue weighted by Crippen LogP contribution is 2.36. The van der Waals surface area contributed by atoms with Crippen molar-refractivity contribution in [1.82, 2.24) is 9.88 Å². The van der Waals surface area contributed by atoms with Crippen LogP contribution in [0.3, 0.4) is 0 Å². The number of halogens is 1. The van der Waals surface area contributed by atoms with Gasteiger partial charge in [0, 0.05) is 16.0 Å². The van der Waals surface area contributed by atoms with Crippen molar-refractivity contribution in [1.29, 1.82) is 0 Å². The highest BCUT2D eigenvalue weighted by molar-refractivity contribution is 7.99. The number of aromatic nitrogens is 1. The Balaban J connectivity index is 1.82. The van der Waals surface area contributed by atoms with Crippen molar-refractivity contribution in [3.05, 3.63) is 58.3 Å². The normalized spacial score (nSPS) is 14.9. The van der Waals surface area contributed by atoms with Gasteiger partial charge in [0.25, 0.3) is 0 Å². The maximum Gasteiger partial charge on any atom is 0.216 e. The Morgan fingerprint density at radius 2 is 1.91 bits per heavy atom. The molecule has 1 saturated carbocycles. The van der Waals surface area contributed by atoms with E-state index in [9.17, 15) is 0 Å². The summed E-state index contributed by atoms with van der Waals surface area (Å²) in [7, 11) is 1.70. The number of benzene rings is 1.